The fraction of sp³-hybridized carbons (Fsp3) is 0.125. The SMILES string of the molecule is C=CC(=O)OCCCCOC(=O)c1ccc(OC(=O)/C=C/c2ccc(-c3cc(N/C=C/c4cc(-c5nc(-c6ccccc6)c(-c6ccccc6)s5)nnn4)c(-c4ccc(OC(=O)OCCCC)cc4)c4ccccc34)cc2)cc1. The molecule has 394 valence electrons. The molecule has 0 aliphatic rings. The number of aromatic nitrogens is 4. The second-order valence-corrected chi connectivity index (χ2v) is 18.7. The lowest BCUT2D eigenvalue weighted by molar-refractivity contribution is -0.138. The van der Waals surface area contributed by atoms with Crippen LogP contribution >= 0.6 is 11.3 Å². The molecule has 7 aromatic carbocycles. The quantitative estimate of drug-likeness (QED) is 0.0169. The zero-order chi connectivity index (χ0) is 54.8. The molecule has 0 radical (unpaired) electrons. The monoisotopic (exact) mass is 1070 g/mol. The molecule has 0 saturated heterocycles. The van der Waals surface area contributed by atoms with Crippen molar-refractivity contribution in [2.24, 2.45) is 0 Å². The summed E-state index contributed by atoms with van der Waals surface area (Å²) >= 11 is 1.55. The van der Waals surface area contributed by atoms with Crippen molar-refractivity contribution in [1.29, 1.82) is 0 Å². The highest BCUT2D eigenvalue weighted by Crippen LogP contribution is 2.43. The number of carbonyl (C=O) groups is 4. The van der Waals surface area contributed by atoms with Gasteiger partial charge in [-0.1, -0.05) is 141 Å². The number of hydrogen-bond acceptors (Lipinski definition) is 15. The van der Waals surface area contributed by atoms with E-state index in [4.69, 9.17) is 28.7 Å². The zero-order valence-electron chi connectivity index (χ0n) is 43.1. The third-order valence-corrected chi connectivity index (χ3v) is 13.4. The molecule has 0 atom stereocenters. The Morgan fingerprint density at radius 3 is 1.97 bits per heavy atom. The Morgan fingerprint density at radius 1 is 0.608 bits per heavy atom. The van der Waals surface area contributed by atoms with E-state index in [0.29, 0.717) is 40.6 Å². The molecule has 79 heavy (non-hydrogen) atoms. The number of carbonyl (C=O) groups excluding carboxylic acids is 4. The third kappa shape index (κ3) is 14.3. The van der Waals surface area contributed by atoms with Gasteiger partial charge < -0.3 is 29.0 Å². The maximum absolute atomic E-state index is 12.9. The Morgan fingerprint density at radius 2 is 1.25 bits per heavy atom. The molecule has 2 heterocycles. The topological polar surface area (TPSA) is 178 Å². The number of rotatable bonds is 22. The van der Waals surface area contributed by atoms with E-state index in [-0.39, 0.29) is 25.6 Å². The number of anilines is 1. The lowest BCUT2D eigenvalue weighted by atomic mass is 9.90. The fourth-order valence-corrected chi connectivity index (χ4v) is 9.36. The van der Waals surface area contributed by atoms with Crippen molar-refractivity contribution in [3.8, 4) is 66.2 Å². The number of fused-ring (bicyclic) bond motifs is 1. The maximum atomic E-state index is 12.9. The molecule has 0 saturated carbocycles. The van der Waals surface area contributed by atoms with Gasteiger partial charge in [-0.25, -0.2) is 24.2 Å². The first-order valence-corrected chi connectivity index (χ1v) is 26.4. The molecule has 0 aliphatic carbocycles. The van der Waals surface area contributed by atoms with Crippen LogP contribution in [-0.2, 0) is 23.8 Å². The van der Waals surface area contributed by atoms with E-state index in [9.17, 15) is 19.2 Å². The number of unbranched alkanes of at least 4 members (excludes halogenated alkanes) is 2. The third-order valence-electron chi connectivity index (χ3n) is 12.3. The predicted octanol–water partition coefficient (Wildman–Crippen LogP) is 14.5. The summed E-state index contributed by atoms with van der Waals surface area (Å²) < 4.78 is 26.5. The van der Waals surface area contributed by atoms with Crippen molar-refractivity contribution >= 4 is 64.0 Å². The standard InChI is InChI=1S/C64H53N5O9S/c1-3-5-38-76-64(73)78-51-31-27-45(28-32-51)59-53-21-13-12-20-52(53)54(44-25-22-43(23-26-44)24-35-58(71)77-50-33-29-48(30-34-50)63(72)75-40-15-14-39-74-57(70)4-2)42-55(59)65-37-36-49-41-56(68-69-67-49)62-66-60(46-16-8-6-9-17-46)61(79-62)47-18-10-7-11-19-47/h4,6-13,16-37,41-42,65H,2-3,5,14-15,38-40H2,1H3/b35-24+,37-36+. The average Bonchev–Trinajstić information content (AvgIpc) is 4.05. The van der Waals surface area contributed by atoms with Crippen molar-refractivity contribution in [3.63, 3.8) is 0 Å². The lowest BCUT2D eigenvalue weighted by Crippen LogP contribution is -2.11. The van der Waals surface area contributed by atoms with Crippen LogP contribution in [0.2, 0.25) is 0 Å². The van der Waals surface area contributed by atoms with Crippen LogP contribution in [0.25, 0.3) is 77.6 Å². The molecule has 9 rings (SSSR count). The van der Waals surface area contributed by atoms with E-state index in [1.807, 2.05) is 122 Å². The van der Waals surface area contributed by atoms with Crippen LogP contribution in [0.5, 0.6) is 11.5 Å². The largest absolute Gasteiger partial charge is 0.513 e. The van der Waals surface area contributed by atoms with E-state index in [1.165, 1.54) is 30.3 Å². The molecular weight excluding hydrogens is 1010 g/mol. The highest BCUT2D eigenvalue weighted by atomic mass is 32.1. The van der Waals surface area contributed by atoms with Crippen LogP contribution < -0.4 is 14.8 Å². The molecule has 0 bridgehead atoms. The van der Waals surface area contributed by atoms with Crippen LogP contribution in [0.1, 0.15) is 54.2 Å². The van der Waals surface area contributed by atoms with Crippen LogP contribution in [0.3, 0.4) is 0 Å². The Balaban J connectivity index is 0.944. The van der Waals surface area contributed by atoms with Crippen LogP contribution in [0.15, 0.2) is 195 Å². The molecule has 0 unspecified atom stereocenters. The second-order valence-electron chi connectivity index (χ2n) is 17.7. The number of esters is 3. The molecule has 0 fully saturated rings. The van der Waals surface area contributed by atoms with Crippen molar-refractivity contribution in [3.05, 3.63) is 212 Å². The molecule has 9 aromatic rings. The summed E-state index contributed by atoms with van der Waals surface area (Å²) in [5, 5.41) is 19.1. The summed E-state index contributed by atoms with van der Waals surface area (Å²) in [6.07, 6.45) is 9.69. The van der Waals surface area contributed by atoms with Crippen LogP contribution in [0.4, 0.5) is 10.5 Å². The first-order valence-electron chi connectivity index (χ1n) is 25.6. The first kappa shape index (κ1) is 53.9. The minimum atomic E-state index is -0.754. The Labute approximate surface area is 460 Å². The normalized spacial score (nSPS) is 11.1. The van der Waals surface area contributed by atoms with Gasteiger partial charge in [-0.05, 0) is 124 Å². The van der Waals surface area contributed by atoms with Gasteiger partial charge >= 0.3 is 24.1 Å². The number of ether oxygens (including phenoxy) is 5. The van der Waals surface area contributed by atoms with Gasteiger partial charge in [0.15, 0.2) is 0 Å². The number of thiazole rings is 1. The highest BCUT2D eigenvalue weighted by molar-refractivity contribution is 7.18. The van der Waals surface area contributed by atoms with Crippen LogP contribution in [-0.4, -0.2) is 64.3 Å². The van der Waals surface area contributed by atoms with Crippen LogP contribution in [0, 0.1) is 0 Å². The van der Waals surface area contributed by atoms with E-state index >= 15 is 0 Å². The van der Waals surface area contributed by atoms with Gasteiger partial charge in [0.1, 0.15) is 22.2 Å². The van der Waals surface area contributed by atoms with Gasteiger partial charge in [-0.2, -0.15) is 0 Å². The lowest BCUT2D eigenvalue weighted by Gasteiger charge is -2.18. The van der Waals surface area contributed by atoms with E-state index in [0.717, 1.165) is 84.9 Å². The van der Waals surface area contributed by atoms with E-state index in [2.05, 4.69) is 57.6 Å². The Bertz CT molecular complexity index is 3580. The molecule has 1 N–H and O–H groups in total. The molecule has 15 heteroatoms. The van der Waals surface area contributed by atoms with Crippen molar-refractivity contribution in [2.45, 2.75) is 32.6 Å². The number of hydrogen-bond donors (Lipinski definition) is 1. The molecule has 2 aromatic heterocycles. The minimum Gasteiger partial charge on any atom is -0.463 e. The van der Waals surface area contributed by atoms with Gasteiger partial charge in [0.25, 0.3) is 0 Å². The Kier molecular flexibility index (Phi) is 18.3. The van der Waals surface area contributed by atoms with Crippen molar-refractivity contribution in [2.75, 3.05) is 25.1 Å². The summed E-state index contributed by atoms with van der Waals surface area (Å²) in [5.41, 5.74) is 9.53. The van der Waals surface area contributed by atoms with Gasteiger partial charge in [-0.15, -0.1) is 21.5 Å². The highest BCUT2D eigenvalue weighted by Gasteiger charge is 2.19. The summed E-state index contributed by atoms with van der Waals surface area (Å²) in [5.74, 6) is -1.00. The van der Waals surface area contributed by atoms with Gasteiger partial charge in [-0.3, -0.25) is 0 Å². The second kappa shape index (κ2) is 26.8. The molecule has 0 aliphatic heterocycles. The summed E-state index contributed by atoms with van der Waals surface area (Å²) in [6, 6.07) is 53.5. The fourth-order valence-electron chi connectivity index (χ4n) is 8.31. The average molecular weight is 1070 g/mol. The Hall–Kier alpha value is -9.86. The van der Waals surface area contributed by atoms with Crippen molar-refractivity contribution in [1.82, 2.24) is 20.4 Å². The summed E-state index contributed by atoms with van der Waals surface area (Å²) in [6.45, 7) is 6.03. The van der Waals surface area contributed by atoms with Gasteiger partial charge in [0.05, 0.1) is 41.6 Å². The van der Waals surface area contributed by atoms with Gasteiger partial charge in [0.2, 0.25) is 0 Å². The zero-order valence-corrected chi connectivity index (χ0v) is 43.9. The minimum absolute atomic E-state index is 0.161. The summed E-state index contributed by atoms with van der Waals surface area (Å²) in [7, 11) is 0. The van der Waals surface area contributed by atoms with Crippen molar-refractivity contribution < 1.29 is 42.9 Å². The molecular formula is C64H53N5O9S. The molecule has 0 spiro atoms. The molecule has 0 amide bonds. The maximum Gasteiger partial charge on any atom is 0.513 e. The smallest absolute Gasteiger partial charge is 0.463 e. The number of benzene rings is 7. The number of nitrogens with zero attached hydrogens (tertiary/aromatic N) is 4. The summed E-state index contributed by atoms with van der Waals surface area (Å²) in [4.78, 5) is 55.1. The van der Waals surface area contributed by atoms with Gasteiger partial charge in [0, 0.05) is 35.2 Å². The van der Waals surface area contributed by atoms with E-state index < -0.39 is 24.1 Å². The predicted molar refractivity (Wildman–Crippen MR) is 308 cm³/mol. The number of nitrogens with one attached hydrogen (secondary N) is 1. The van der Waals surface area contributed by atoms with E-state index in [1.54, 1.807) is 29.5 Å². The first-order chi connectivity index (χ1) is 38.7. The molecule has 14 nitrogen and oxygen atoms in total.